The van der Waals surface area contributed by atoms with Crippen molar-refractivity contribution in [1.82, 2.24) is 0 Å². The molecule has 0 radical (unpaired) electrons. The van der Waals surface area contributed by atoms with Crippen molar-refractivity contribution < 1.29 is 19.1 Å². The second-order valence-electron chi connectivity index (χ2n) is 2.88. The number of carbonyl (C=O) groups is 2. The summed E-state index contributed by atoms with van der Waals surface area (Å²) < 4.78 is 10.1. The number of carbonyl (C=O) groups excluding carboxylic acids is 2. The number of primary amides is 1. The summed E-state index contributed by atoms with van der Waals surface area (Å²) in [7, 11) is 1.46. The summed E-state index contributed by atoms with van der Waals surface area (Å²) in [5, 5.41) is 2.47. The lowest BCUT2D eigenvalue weighted by molar-refractivity contribution is -0.120. The Labute approximate surface area is 92.3 Å². The molecule has 0 aliphatic carbocycles. The number of nitrogens with two attached hydrogens (primary N) is 1. The fraction of sp³-hybridized carbons (Fsp3) is 0.200. The predicted molar refractivity (Wildman–Crippen MR) is 57.4 cm³/mol. The first kappa shape index (κ1) is 11.8. The van der Waals surface area contributed by atoms with E-state index in [1.54, 1.807) is 18.2 Å². The molecule has 6 nitrogen and oxygen atoms in total. The Morgan fingerprint density at radius 3 is 2.81 bits per heavy atom. The molecule has 1 rings (SSSR count). The molecular weight excluding hydrogens is 212 g/mol. The van der Waals surface area contributed by atoms with E-state index in [0.29, 0.717) is 23.6 Å². The first-order valence-electron chi connectivity index (χ1n) is 4.46. The van der Waals surface area contributed by atoms with Crippen LogP contribution in [0.15, 0.2) is 18.2 Å². The monoisotopic (exact) mass is 224 g/mol. The van der Waals surface area contributed by atoms with Gasteiger partial charge < -0.3 is 20.5 Å². The molecule has 0 aliphatic rings. The Kier molecular flexibility index (Phi) is 4.14. The Balaban J connectivity index is 2.83. The van der Waals surface area contributed by atoms with Gasteiger partial charge in [-0.05, 0) is 12.1 Å². The molecule has 1 aromatic rings. The highest BCUT2D eigenvalue weighted by Gasteiger charge is 2.06. The van der Waals surface area contributed by atoms with E-state index in [0.717, 1.165) is 0 Å². The van der Waals surface area contributed by atoms with Gasteiger partial charge in [0.05, 0.1) is 7.11 Å². The van der Waals surface area contributed by atoms with E-state index in [4.69, 9.17) is 15.2 Å². The summed E-state index contributed by atoms with van der Waals surface area (Å²) in [5.74, 6) is 0.225. The molecule has 0 aliphatic heterocycles. The van der Waals surface area contributed by atoms with Crippen LogP contribution in [0.1, 0.15) is 0 Å². The maximum atomic E-state index is 10.5. The Bertz CT molecular complexity index is 392. The highest BCUT2D eigenvalue weighted by molar-refractivity contribution is 5.76. The summed E-state index contributed by atoms with van der Waals surface area (Å²) in [6.07, 6.45) is 0.554. The number of ether oxygens (including phenoxy) is 2. The van der Waals surface area contributed by atoms with E-state index in [-0.39, 0.29) is 6.61 Å². The molecule has 2 amide bonds. The SMILES string of the molecule is COc1cc(NC=O)ccc1OCC(N)=O. The van der Waals surface area contributed by atoms with Gasteiger partial charge in [0.1, 0.15) is 0 Å². The van der Waals surface area contributed by atoms with Crippen molar-refractivity contribution in [3.63, 3.8) is 0 Å². The van der Waals surface area contributed by atoms with Crippen LogP contribution in [0.4, 0.5) is 5.69 Å². The summed E-state index contributed by atoms with van der Waals surface area (Å²) in [6.45, 7) is -0.225. The van der Waals surface area contributed by atoms with E-state index >= 15 is 0 Å². The smallest absolute Gasteiger partial charge is 0.255 e. The van der Waals surface area contributed by atoms with Gasteiger partial charge in [-0.15, -0.1) is 0 Å². The van der Waals surface area contributed by atoms with Gasteiger partial charge in [0.15, 0.2) is 18.1 Å². The van der Waals surface area contributed by atoms with E-state index in [1.807, 2.05) is 0 Å². The molecular formula is C10H12N2O4. The lowest BCUT2D eigenvalue weighted by atomic mass is 10.3. The quantitative estimate of drug-likeness (QED) is 0.672. The molecule has 0 fully saturated rings. The van der Waals surface area contributed by atoms with Crippen LogP contribution in [0.25, 0.3) is 0 Å². The maximum absolute atomic E-state index is 10.5. The van der Waals surface area contributed by atoms with E-state index < -0.39 is 5.91 Å². The molecule has 0 bridgehead atoms. The number of benzene rings is 1. The zero-order valence-corrected chi connectivity index (χ0v) is 8.73. The molecule has 6 heteroatoms. The topological polar surface area (TPSA) is 90.7 Å². The highest BCUT2D eigenvalue weighted by atomic mass is 16.5. The van der Waals surface area contributed by atoms with Gasteiger partial charge in [0.25, 0.3) is 5.91 Å². The molecule has 3 N–H and O–H groups in total. The standard InChI is InChI=1S/C10H12N2O4/c1-15-9-4-7(12-6-13)2-3-8(9)16-5-10(11)14/h2-4,6H,5H2,1H3,(H2,11,14)(H,12,13). The Morgan fingerprint density at radius 2 is 2.25 bits per heavy atom. The number of amides is 2. The summed E-state index contributed by atoms with van der Waals surface area (Å²) in [4.78, 5) is 20.8. The number of rotatable bonds is 6. The van der Waals surface area contributed by atoms with Crippen LogP contribution in [0, 0.1) is 0 Å². The number of methoxy groups -OCH3 is 1. The molecule has 0 saturated heterocycles. The summed E-state index contributed by atoms with van der Waals surface area (Å²) >= 11 is 0. The third-order valence-corrected chi connectivity index (χ3v) is 1.76. The molecule has 0 aromatic heterocycles. The maximum Gasteiger partial charge on any atom is 0.255 e. The van der Waals surface area contributed by atoms with Crippen LogP contribution < -0.4 is 20.5 Å². The first-order valence-corrected chi connectivity index (χ1v) is 4.46. The molecule has 0 heterocycles. The van der Waals surface area contributed by atoms with Crippen LogP contribution in [0.3, 0.4) is 0 Å². The third-order valence-electron chi connectivity index (χ3n) is 1.76. The second kappa shape index (κ2) is 5.59. The predicted octanol–water partition coefficient (Wildman–Crippen LogP) is 0.128. The molecule has 0 saturated carbocycles. The minimum atomic E-state index is -0.572. The van der Waals surface area contributed by atoms with Crippen LogP contribution in [0.2, 0.25) is 0 Å². The van der Waals surface area contributed by atoms with Gasteiger partial charge in [-0.1, -0.05) is 0 Å². The van der Waals surface area contributed by atoms with E-state index in [1.165, 1.54) is 7.11 Å². The average molecular weight is 224 g/mol. The van der Waals surface area contributed by atoms with Crippen molar-refractivity contribution in [3.8, 4) is 11.5 Å². The van der Waals surface area contributed by atoms with Crippen molar-refractivity contribution >= 4 is 18.0 Å². The lowest BCUT2D eigenvalue weighted by Gasteiger charge is -2.10. The second-order valence-corrected chi connectivity index (χ2v) is 2.88. The zero-order chi connectivity index (χ0) is 12.0. The highest BCUT2D eigenvalue weighted by Crippen LogP contribution is 2.29. The molecule has 1 aromatic carbocycles. The average Bonchev–Trinajstić information content (AvgIpc) is 2.27. The molecule has 0 atom stereocenters. The normalized spacial score (nSPS) is 9.31. The number of nitrogens with one attached hydrogen (secondary N) is 1. The fourth-order valence-corrected chi connectivity index (χ4v) is 1.09. The van der Waals surface area contributed by atoms with Crippen molar-refractivity contribution in [1.29, 1.82) is 0 Å². The van der Waals surface area contributed by atoms with Crippen LogP contribution in [0.5, 0.6) is 11.5 Å². The minimum absolute atomic E-state index is 0.225. The van der Waals surface area contributed by atoms with Gasteiger partial charge >= 0.3 is 0 Å². The van der Waals surface area contributed by atoms with Gasteiger partial charge in [-0.2, -0.15) is 0 Å². The van der Waals surface area contributed by atoms with Gasteiger partial charge in [-0.3, -0.25) is 9.59 Å². The number of anilines is 1. The van der Waals surface area contributed by atoms with E-state index in [2.05, 4.69) is 5.32 Å². The minimum Gasteiger partial charge on any atom is -0.493 e. The van der Waals surface area contributed by atoms with Crippen LogP contribution in [-0.2, 0) is 9.59 Å². The van der Waals surface area contributed by atoms with Gasteiger partial charge in [-0.25, -0.2) is 0 Å². The summed E-state index contributed by atoms with van der Waals surface area (Å²) in [5.41, 5.74) is 5.51. The molecule has 0 unspecified atom stereocenters. The summed E-state index contributed by atoms with van der Waals surface area (Å²) in [6, 6.07) is 4.77. The zero-order valence-electron chi connectivity index (χ0n) is 8.73. The molecule has 0 spiro atoms. The molecule has 16 heavy (non-hydrogen) atoms. The Hall–Kier alpha value is -2.24. The first-order chi connectivity index (χ1) is 7.67. The number of hydrogen-bond donors (Lipinski definition) is 2. The lowest BCUT2D eigenvalue weighted by Crippen LogP contribution is -2.20. The molecule has 86 valence electrons. The number of hydrogen-bond acceptors (Lipinski definition) is 4. The van der Waals surface area contributed by atoms with Crippen molar-refractivity contribution in [2.75, 3.05) is 19.0 Å². The Morgan fingerprint density at radius 1 is 1.50 bits per heavy atom. The van der Waals surface area contributed by atoms with E-state index in [9.17, 15) is 9.59 Å². The van der Waals surface area contributed by atoms with Crippen molar-refractivity contribution in [3.05, 3.63) is 18.2 Å². The fourth-order valence-electron chi connectivity index (χ4n) is 1.09. The van der Waals surface area contributed by atoms with Crippen molar-refractivity contribution in [2.45, 2.75) is 0 Å². The van der Waals surface area contributed by atoms with Gasteiger partial charge in [0.2, 0.25) is 6.41 Å². The van der Waals surface area contributed by atoms with Crippen LogP contribution >= 0.6 is 0 Å². The van der Waals surface area contributed by atoms with Crippen molar-refractivity contribution in [2.24, 2.45) is 5.73 Å². The third kappa shape index (κ3) is 3.16. The largest absolute Gasteiger partial charge is 0.493 e. The van der Waals surface area contributed by atoms with Gasteiger partial charge in [0, 0.05) is 11.8 Å². The van der Waals surface area contributed by atoms with Crippen LogP contribution in [-0.4, -0.2) is 26.0 Å².